The zero-order valence-corrected chi connectivity index (χ0v) is 18.1. The molecule has 28 heavy (non-hydrogen) atoms. The minimum atomic E-state index is 0.579. The third-order valence-corrected chi connectivity index (χ3v) is 4.77. The lowest BCUT2D eigenvalue weighted by molar-refractivity contribution is 0.173. The van der Waals surface area contributed by atoms with Gasteiger partial charge in [0.15, 0.2) is 11.6 Å². The summed E-state index contributed by atoms with van der Waals surface area (Å²) in [5, 5.41) is 15.3. The van der Waals surface area contributed by atoms with Gasteiger partial charge in [-0.05, 0) is 59.6 Å². The molecule has 0 aliphatic carbocycles. The van der Waals surface area contributed by atoms with E-state index in [0.717, 1.165) is 62.9 Å². The fourth-order valence-corrected chi connectivity index (χ4v) is 3.41. The van der Waals surface area contributed by atoms with Gasteiger partial charge >= 0.3 is 0 Å². The number of aliphatic imine (C=N–C) groups is 1. The number of aromatic nitrogens is 3. The lowest BCUT2D eigenvalue weighted by atomic mass is 10.2. The third-order valence-electron chi connectivity index (χ3n) is 4.77. The molecule has 0 fully saturated rings. The molecule has 0 aliphatic rings. The Balaban J connectivity index is 1.75. The summed E-state index contributed by atoms with van der Waals surface area (Å²) in [4.78, 5) is 7.23. The Bertz CT molecular complexity index is 712. The van der Waals surface area contributed by atoms with Gasteiger partial charge in [0.25, 0.3) is 0 Å². The zero-order valence-electron chi connectivity index (χ0n) is 18.1. The second-order valence-electron chi connectivity index (χ2n) is 7.61. The third kappa shape index (κ3) is 6.78. The van der Waals surface area contributed by atoms with E-state index in [1.54, 1.807) is 0 Å². The fraction of sp³-hybridized carbons (Fsp3) is 0.667. The normalized spacial score (nSPS) is 12.5. The van der Waals surface area contributed by atoms with E-state index in [0.29, 0.717) is 12.1 Å². The molecule has 0 bridgehead atoms. The van der Waals surface area contributed by atoms with Crippen LogP contribution in [-0.2, 0) is 6.42 Å². The molecule has 0 radical (unpaired) electrons. The molecule has 0 atom stereocenters. The summed E-state index contributed by atoms with van der Waals surface area (Å²) in [6, 6.07) is 7.12. The SMILES string of the molecule is CCNC(=NCCCc1nnc2ccccn12)NCCCN(C(C)C)C(C)C. The number of fused-ring (bicyclic) bond motifs is 1. The van der Waals surface area contributed by atoms with Crippen LogP contribution in [-0.4, -0.2) is 63.7 Å². The van der Waals surface area contributed by atoms with Crippen molar-refractivity contribution < 1.29 is 0 Å². The number of nitrogens with one attached hydrogen (secondary N) is 2. The van der Waals surface area contributed by atoms with Crippen LogP contribution in [0, 0.1) is 0 Å². The summed E-state index contributed by atoms with van der Waals surface area (Å²) < 4.78 is 2.04. The van der Waals surface area contributed by atoms with E-state index < -0.39 is 0 Å². The molecule has 7 nitrogen and oxygen atoms in total. The largest absolute Gasteiger partial charge is 0.357 e. The number of aryl methyl sites for hydroxylation is 1. The maximum atomic E-state index is 4.70. The minimum Gasteiger partial charge on any atom is -0.357 e. The van der Waals surface area contributed by atoms with E-state index in [1.807, 2.05) is 28.8 Å². The van der Waals surface area contributed by atoms with Crippen molar-refractivity contribution >= 4 is 11.6 Å². The van der Waals surface area contributed by atoms with Crippen LogP contribution in [0.2, 0.25) is 0 Å². The number of hydrogen-bond donors (Lipinski definition) is 2. The van der Waals surface area contributed by atoms with E-state index in [4.69, 9.17) is 4.99 Å². The summed E-state index contributed by atoms with van der Waals surface area (Å²) in [6.45, 7) is 14.8. The lowest BCUT2D eigenvalue weighted by Crippen LogP contribution is -2.41. The quantitative estimate of drug-likeness (QED) is 0.352. The highest BCUT2D eigenvalue weighted by Gasteiger charge is 2.12. The Hall–Kier alpha value is -2.15. The number of nitrogens with zero attached hydrogens (tertiary/aromatic N) is 5. The Morgan fingerprint density at radius 1 is 1.11 bits per heavy atom. The molecule has 0 unspecified atom stereocenters. The molecule has 156 valence electrons. The molecule has 7 heteroatoms. The highest BCUT2D eigenvalue weighted by Crippen LogP contribution is 2.06. The second-order valence-corrected chi connectivity index (χ2v) is 7.61. The van der Waals surface area contributed by atoms with E-state index in [1.165, 1.54) is 0 Å². The molecule has 0 saturated carbocycles. The van der Waals surface area contributed by atoms with Gasteiger partial charge in [0.2, 0.25) is 0 Å². The van der Waals surface area contributed by atoms with Gasteiger partial charge in [0.1, 0.15) is 5.82 Å². The molecule has 2 heterocycles. The van der Waals surface area contributed by atoms with Crippen molar-refractivity contribution in [3.05, 3.63) is 30.2 Å². The first-order chi connectivity index (χ1) is 13.5. The zero-order chi connectivity index (χ0) is 20.4. The predicted octanol–water partition coefficient (Wildman–Crippen LogP) is 2.73. The summed E-state index contributed by atoms with van der Waals surface area (Å²) in [5.74, 6) is 1.89. The van der Waals surface area contributed by atoms with Crippen molar-refractivity contribution in [2.24, 2.45) is 4.99 Å². The molecule has 0 aliphatic heterocycles. The summed E-state index contributed by atoms with van der Waals surface area (Å²) in [6.07, 6.45) is 4.93. The van der Waals surface area contributed by atoms with Crippen molar-refractivity contribution in [1.29, 1.82) is 0 Å². The number of rotatable bonds is 11. The second kappa shape index (κ2) is 11.6. The summed E-state index contributed by atoms with van der Waals surface area (Å²) in [5.41, 5.74) is 0.896. The van der Waals surface area contributed by atoms with Crippen LogP contribution in [0.1, 0.15) is 53.3 Å². The average Bonchev–Trinajstić information content (AvgIpc) is 3.07. The van der Waals surface area contributed by atoms with Gasteiger partial charge in [-0.15, -0.1) is 10.2 Å². The van der Waals surface area contributed by atoms with Crippen molar-refractivity contribution in [2.75, 3.05) is 26.2 Å². The first kappa shape index (κ1) is 22.1. The first-order valence-electron chi connectivity index (χ1n) is 10.6. The molecule has 2 N–H and O–H groups in total. The number of hydrogen-bond acceptors (Lipinski definition) is 4. The Morgan fingerprint density at radius 3 is 2.61 bits per heavy atom. The summed E-state index contributed by atoms with van der Waals surface area (Å²) in [7, 11) is 0. The van der Waals surface area contributed by atoms with Crippen LogP contribution in [0.25, 0.3) is 5.65 Å². The van der Waals surface area contributed by atoms with Crippen LogP contribution in [0.15, 0.2) is 29.4 Å². The number of pyridine rings is 1. The average molecular weight is 388 g/mol. The monoisotopic (exact) mass is 387 g/mol. The van der Waals surface area contributed by atoms with Gasteiger partial charge in [0.05, 0.1) is 0 Å². The van der Waals surface area contributed by atoms with Gasteiger partial charge < -0.3 is 10.6 Å². The van der Waals surface area contributed by atoms with Crippen molar-refractivity contribution in [3.8, 4) is 0 Å². The fourth-order valence-electron chi connectivity index (χ4n) is 3.41. The molecule has 0 saturated heterocycles. The van der Waals surface area contributed by atoms with Crippen LogP contribution < -0.4 is 10.6 Å². The molecule has 2 rings (SSSR count). The Kier molecular flexibility index (Phi) is 9.20. The molecule has 0 aromatic carbocycles. The topological polar surface area (TPSA) is 69.8 Å². The van der Waals surface area contributed by atoms with Crippen LogP contribution >= 0.6 is 0 Å². The lowest BCUT2D eigenvalue weighted by Gasteiger charge is -2.30. The van der Waals surface area contributed by atoms with E-state index in [2.05, 4.69) is 60.3 Å². The molecular formula is C21H37N7. The number of guanidine groups is 1. The first-order valence-corrected chi connectivity index (χ1v) is 10.6. The van der Waals surface area contributed by atoms with Crippen LogP contribution in [0.4, 0.5) is 0 Å². The standard InChI is InChI=1S/C21H37N7/c1-6-22-21(24-14-10-16-27(17(2)3)18(4)5)23-13-9-12-20-26-25-19-11-7-8-15-28(19)20/h7-8,11,15,17-18H,6,9-10,12-14,16H2,1-5H3,(H2,22,23,24). The van der Waals surface area contributed by atoms with E-state index in [9.17, 15) is 0 Å². The van der Waals surface area contributed by atoms with Crippen LogP contribution in [0.3, 0.4) is 0 Å². The van der Waals surface area contributed by atoms with E-state index in [-0.39, 0.29) is 0 Å². The molecule has 0 amide bonds. The smallest absolute Gasteiger partial charge is 0.191 e. The molecule has 0 spiro atoms. The van der Waals surface area contributed by atoms with Gasteiger partial charge in [-0.3, -0.25) is 14.3 Å². The van der Waals surface area contributed by atoms with Crippen molar-refractivity contribution in [2.45, 2.75) is 66.0 Å². The minimum absolute atomic E-state index is 0.579. The van der Waals surface area contributed by atoms with Crippen LogP contribution in [0.5, 0.6) is 0 Å². The molecule has 2 aromatic rings. The van der Waals surface area contributed by atoms with E-state index >= 15 is 0 Å². The Labute approximate surface area is 169 Å². The molecular weight excluding hydrogens is 350 g/mol. The summed E-state index contributed by atoms with van der Waals surface area (Å²) >= 11 is 0. The van der Waals surface area contributed by atoms with Crippen molar-refractivity contribution in [1.82, 2.24) is 30.1 Å². The van der Waals surface area contributed by atoms with Gasteiger partial charge in [-0.1, -0.05) is 6.07 Å². The van der Waals surface area contributed by atoms with Gasteiger partial charge in [-0.2, -0.15) is 0 Å². The highest BCUT2D eigenvalue weighted by molar-refractivity contribution is 5.79. The molecule has 2 aromatic heterocycles. The van der Waals surface area contributed by atoms with Gasteiger partial charge in [0, 0.05) is 50.9 Å². The predicted molar refractivity (Wildman–Crippen MR) is 117 cm³/mol. The van der Waals surface area contributed by atoms with Gasteiger partial charge in [-0.25, -0.2) is 0 Å². The highest BCUT2D eigenvalue weighted by atomic mass is 15.2. The Morgan fingerprint density at radius 2 is 1.89 bits per heavy atom. The van der Waals surface area contributed by atoms with Crippen molar-refractivity contribution in [3.63, 3.8) is 0 Å². The maximum absolute atomic E-state index is 4.70. The maximum Gasteiger partial charge on any atom is 0.191 e.